The quantitative estimate of drug-likeness (QED) is 0.481. The minimum atomic E-state index is -0.564. The number of phenols is 1. The van der Waals surface area contributed by atoms with Gasteiger partial charge in [0.25, 0.3) is 5.91 Å². The van der Waals surface area contributed by atoms with E-state index in [1.807, 2.05) is 18.2 Å². The standard InChI is InChI=1S/C18H17N3O3/c19-9-15(18(24)21-16-2-1-3-17(23)8-16)11-20-10-13-4-6-14(12-22)7-5-13/h1-8,11,20,22-23H,10,12H2,(H,21,24)/b15-11-. The van der Waals surface area contributed by atoms with Gasteiger partial charge < -0.3 is 20.8 Å². The molecular weight excluding hydrogens is 306 g/mol. The third kappa shape index (κ3) is 4.87. The van der Waals surface area contributed by atoms with E-state index < -0.39 is 5.91 Å². The highest BCUT2D eigenvalue weighted by molar-refractivity contribution is 6.06. The maximum Gasteiger partial charge on any atom is 0.267 e. The highest BCUT2D eigenvalue weighted by Crippen LogP contribution is 2.15. The molecule has 0 aromatic heterocycles. The number of benzene rings is 2. The number of hydrogen-bond acceptors (Lipinski definition) is 5. The molecule has 0 spiro atoms. The predicted molar refractivity (Wildman–Crippen MR) is 89.6 cm³/mol. The molecule has 2 rings (SSSR count). The number of hydrogen-bond donors (Lipinski definition) is 4. The molecule has 0 aliphatic rings. The molecule has 0 saturated carbocycles. The molecule has 0 radical (unpaired) electrons. The molecule has 0 aliphatic heterocycles. The fourth-order valence-corrected chi connectivity index (χ4v) is 1.96. The third-order valence-corrected chi connectivity index (χ3v) is 3.23. The van der Waals surface area contributed by atoms with Crippen LogP contribution < -0.4 is 10.6 Å². The molecule has 0 bridgehead atoms. The van der Waals surface area contributed by atoms with Gasteiger partial charge in [0.2, 0.25) is 0 Å². The van der Waals surface area contributed by atoms with Crippen molar-refractivity contribution in [3.8, 4) is 11.8 Å². The molecule has 24 heavy (non-hydrogen) atoms. The van der Waals surface area contributed by atoms with Crippen molar-refractivity contribution >= 4 is 11.6 Å². The van der Waals surface area contributed by atoms with Gasteiger partial charge in [-0.15, -0.1) is 0 Å². The number of nitrogens with one attached hydrogen (secondary N) is 2. The predicted octanol–water partition coefficient (Wildman–Crippen LogP) is 2.02. The second kappa shape index (κ2) is 8.36. The average Bonchev–Trinajstić information content (AvgIpc) is 2.59. The molecule has 1 amide bonds. The highest BCUT2D eigenvalue weighted by Gasteiger charge is 2.09. The van der Waals surface area contributed by atoms with E-state index in [-0.39, 0.29) is 17.9 Å². The monoisotopic (exact) mass is 323 g/mol. The van der Waals surface area contributed by atoms with Crippen LogP contribution in [0, 0.1) is 11.3 Å². The topological polar surface area (TPSA) is 105 Å². The zero-order chi connectivity index (χ0) is 17.4. The van der Waals surface area contributed by atoms with Crippen molar-refractivity contribution in [1.82, 2.24) is 5.32 Å². The number of nitriles is 1. The highest BCUT2D eigenvalue weighted by atomic mass is 16.3. The molecule has 0 aliphatic carbocycles. The Hall–Kier alpha value is -3.30. The number of aromatic hydroxyl groups is 1. The number of amides is 1. The molecule has 0 heterocycles. The summed E-state index contributed by atoms with van der Waals surface area (Å²) in [5.41, 5.74) is 2.10. The van der Waals surface area contributed by atoms with Crippen molar-refractivity contribution in [2.24, 2.45) is 0 Å². The SMILES string of the molecule is N#C/C(=C/NCc1ccc(CO)cc1)C(=O)Nc1cccc(O)c1. The number of aliphatic hydroxyl groups excluding tert-OH is 1. The lowest BCUT2D eigenvalue weighted by molar-refractivity contribution is -0.112. The number of carbonyl (C=O) groups is 1. The van der Waals surface area contributed by atoms with Gasteiger partial charge in [0.15, 0.2) is 0 Å². The normalized spacial score (nSPS) is 10.8. The minimum absolute atomic E-state index is 0.0125. The second-order valence-corrected chi connectivity index (χ2v) is 5.03. The zero-order valence-corrected chi connectivity index (χ0v) is 12.9. The molecule has 0 saturated heterocycles. The summed E-state index contributed by atoms with van der Waals surface area (Å²) in [6.07, 6.45) is 1.35. The van der Waals surface area contributed by atoms with Crippen LogP contribution in [0.4, 0.5) is 5.69 Å². The first-order valence-corrected chi connectivity index (χ1v) is 7.25. The Morgan fingerprint density at radius 3 is 2.50 bits per heavy atom. The van der Waals surface area contributed by atoms with Gasteiger partial charge in [-0.25, -0.2) is 0 Å². The molecule has 2 aromatic rings. The Bertz CT molecular complexity index is 777. The van der Waals surface area contributed by atoms with Crippen LogP contribution in [0.25, 0.3) is 0 Å². The summed E-state index contributed by atoms with van der Waals surface area (Å²) in [5, 5.41) is 32.9. The molecule has 6 nitrogen and oxygen atoms in total. The van der Waals surface area contributed by atoms with Crippen molar-refractivity contribution in [2.45, 2.75) is 13.2 Å². The number of anilines is 1. The first-order valence-electron chi connectivity index (χ1n) is 7.25. The van der Waals surface area contributed by atoms with Crippen molar-refractivity contribution in [1.29, 1.82) is 5.26 Å². The fourth-order valence-electron chi connectivity index (χ4n) is 1.96. The smallest absolute Gasteiger partial charge is 0.267 e. The van der Waals surface area contributed by atoms with Gasteiger partial charge in [0.05, 0.1) is 6.61 Å². The maximum absolute atomic E-state index is 12.0. The largest absolute Gasteiger partial charge is 0.508 e. The van der Waals surface area contributed by atoms with E-state index in [0.717, 1.165) is 11.1 Å². The summed E-state index contributed by atoms with van der Waals surface area (Å²) in [6, 6.07) is 15.2. The van der Waals surface area contributed by atoms with Crippen molar-refractivity contribution in [3.05, 3.63) is 71.4 Å². The maximum atomic E-state index is 12.0. The molecular formula is C18H17N3O3. The molecule has 0 atom stereocenters. The van der Waals surface area contributed by atoms with E-state index in [2.05, 4.69) is 10.6 Å². The molecule has 4 N–H and O–H groups in total. The second-order valence-electron chi connectivity index (χ2n) is 5.03. The van der Waals surface area contributed by atoms with Crippen LogP contribution in [0.2, 0.25) is 0 Å². The van der Waals surface area contributed by atoms with E-state index in [4.69, 9.17) is 10.4 Å². The summed E-state index contributed by atoms with van der Waals surface area (Å²) >= 11 is 0. The molecule has 122 valence electrons. The van der Waals surface area contributed by atoms with E-state index >= 15 is 0 Å². The fraction of sp³-hybridized carbons (Fsp3) is 0.111. The Balaban J connectivity index is 1.95. The van der Waals surface area contributed by atoms with Crippen LogP contribution in [0.15, 0.2) is 60.3 Å². The van der Waals surface area contributed by atoms with Gasteiger partial charge in [-0.1, -0.05) is 30.3 Å². The van der Waals surface area contributed by atoms with E-state index in [1.54, 1.807) is 24.3 Å². The first kappa shape index (κ1) is 17.1. The van der Waals surface area contributed by atoms with Crippen LogP contribution in [0.5, 0.6) is 5.75 Å². The van der Waals surface area contributed by atoms with Crippen molar-refractivity contribution in [2.75, 3.05) is 5.32 Å². The summed E-state index contributed by atoms with van der Waals surface area (Å²) in [5.74, 6) is -0.536. The van der Waals surface area contributed by atoms with Crippen molar-refractivity contribution < 1.29 is 15.0 Å². The number of nitrogens with zero attached hydrogens (tertiary/aromatic N) is 1. The first-order chi connectivity index (χ1) is 11.6. The van der Waals surface area contributed by atoms with Gasteiger partial charge in [-0.05, 0) is 23.3 Å². The van der Waals surface area contributed by atoms with Gasteiger partial charge in [-0.2, -0.15) is 5.26 Å². The summed E-state index contributed by atoms with van der Waals surface area (Å²) < 4.78 is 0. The lowest BCUT2D eigenvalue weighted by Gasteiger charge is -2.06. The lowest BCUT2D eigenvalue weighted by Crippen LogP contribution is -2.16. The summed E-state index contributed by atoms with van der Waals surface area (Å²) in [4.78, 5) is 12.0. The van der Waals surface area contributed by atoms with Gasteiger partial charge in [0.1, 0.15) is 17.4 Å². The average molecular weight is 323 g/mol. The van der Waals surface area contributed by atoms with Crippen LogP contribution in [-0.4, -0.2) is 16.1 Å². The van der Waals surface area contributed by atoms with Crippen LogP contribution in [0.3, 0.4) is 0 Å². The van der Waals surface area contributed by atoms with Gasteiger partial charge >= 0.3 is 0 Å². The zero-order valence-electron chi connectivity index (χ0n) is 12.9. The van der Waals surface area contributed by atoms with Gasteiger partial charge in [-0.3, -0.25) is 4.79 Å². The van der Waals surface area contributed by atoms with Crippen LogP contribution in [-0.2, 0) is 17.9 Å². The lowest BCUT2D eigenvalue weighted by atomic mass is 10.1. The van der Waals surface area contributed by atoms with Crippen LogP contribution >= 0.6 is 0 Å². The van der Waals surface area contributed by atoms with Gasteiger partial charge in [0, 0.05) is 24.5 Å². The third-order valence-electron chi connectivity index (χ3n) is 3.23. The number of rotatable bonds is 6. The Kier molecular flexibility index (Phi) is 5.95. The van der Waals surface area contributed by atoms with E-state index in [1.165, 1.54) is 18.3 Å². The summed E-state index contributed by atoms with van der Waals surface area (Å²) in [7, 11) is 0. The minimum Gasteiger partial charge on any atom is -0.508 e. The Morgan fingerprint density at radius 1 is 1.17 bits per heavy atom. The number of phenolic OH excluding ortho intramolecular Hbond substituents is 1. The number of carbonyl (C=O) groups excluding carboxylic acids is 1. The Morgan fingerprint density at radius 2 is 1.88 bits per heavy atom. The molecule has 0 unspecified atom stereocenters. The van der Waals surface area contributed by atoms with E-state index in [0.29, 0.717) is 12.2 Å². The number of aliphatic hydroxyl groups is 1. The molecule has 0 fully saturated rings. The molecule has 6 heteroatoms. The van der Waals surface area contributed by atoms with Crippen LogP contribution in [0.1, 0.15) is 11.1 Å². The molecule has 2 aromatic carbocycles. The van der Waals surface area contributed by atoms with Crippen molar-refractivity contribution in [3.63, 3.8) is 0 Å². The Labute approximate surface area is 139 Å². The summed E-state index contributed by atoms with van der Waals surface area (Å²) in [6.45, 7) is 0.428. The van der Waals surface area contributed by atoms with E-state index in [9.17, 15) is 9.90 Å².